The molecular weight excluding hydrogens is 387 g/mol. The molecule has 7 nitrogen and oxygen atoms in total. The number of para-hydroxylation sites is 2. The fourth-order valence-corrected chi connectivity index (χ4v) is 2.61. The first kappa shape index (κ1) is 22.4. The maximum absolute atomic E-state index is 13.1. The Morgan fingerprint density at radius 3 is 2.55 bits per heavy atom. The summed E-state index contributed by atoms with van der Waals surface area (Å²) in [6, 6.07) is 7.29. The number of aryl methyl sites for hydroxylation is 1. The van der Waals surface area contributed by atoms with Gasteiger partial charge in [0.1, 0.15) is 6.10 Å². The van der Waals surface area contributed by atoms with Crippen molar-refractivity contribution in [3.63, 3.8) is 0 Å². The van der Waals surface area contributed by atoms with E-state index in [0.29, 0.717) is 30.5 Å². The predicted octanol–water partition coefficient (Wildman–Crippen LogP) is 2.97. The molecule has 0 bridgehead atoms. The van der Waals surface area contributed by atoms with Crippen LogP contribution in [0.25, 0.3) is 0 Å². The lowest BCUT2D eigenvalue weighted by atomic mass is 10.2. The summed E-state index contributed by atoms with van der Waals surface area (Å²) in [6.07, 6.45) is -3.43. The number of methoxy groups -OCH3 is 1. The van der Waals surface area contributed by atoms with Crippen molar-refractivity contribution in [1.82, 2.24) is 20.4 Å². The van der Waals surface area contributed by atoms with Crippen molar-refractivity contribution in [1.29, 1.82) is 0 Å². The van der Waals surface area contributed by atoms with E-state index in [1.165, 1.54) is 13.2 Å². The van der Waals surface area contributed by atoms with Crippen LogP contribution in [-0.4, -0.2) is 42.0 Å². The smallest absolute Gasteiger partial charge is 0.435 e. The average molecular weight is 413 g/mol. The molecule has 1 atom stereocenters. The molecule has 0 radical (unpaired) electrons. The molecule has 10 heteroatoms. The SMILES string of the molecule is CCNC(=NCc1cn(C)nc1C(F)(F)F)NCC(C)Oc1ccccc1OC. The van der Waals surface area contributed by atoms with Gasteiger partial charge in [-0.15, -0.1) is 0 Å². The van der Waals surface area contributed by atoms with Gasteiger partial charge in [-0.25, -0.2) is 4.99 Å². The molecule has 0 amide bonds. The minimum Gasteiger partial charge on any atom is -0.493 e. The number of hydrogen-bond donors (Lipinski definition) is 2. The van der Waals surface area contributed by atoms with E-state index in [1.807, 2.05) is 26.0 Å². The Hall–Kier alpha value is -2.91. The number of ether oxygens (including phenoxy) is 2. The Bertz CT molecular complexity index is 820. The van der Waals surface area contributed by atoms with Crippen LogP contribution in [-0.2, 0) is 19.8 Å². The van der Waals surface area contributed by atoms with Gasteiger partial charge >= 0.3 is 6.18 Å². The zero-order chi connectivity index (χ0) is 21.4. The molecule has 1 heterocycles. The second kappa shape index (κ2) is 10.0. The molecule has 1 aromatic carbocycles. The van der Waals surface area contributed by atoms with Crippen molar-refractivity contribution in [3.05, 3.63) is 41.7 Å². The zero-order valence-electron chi connectivity index (χ0n) is 16.9. The lowest BCUT2D eigenvalue weighted by molar-refractivity contribution is -0.142. The van der Waals surface area contributed by atoms with Gasteiger partial charge in [0.25, 0.3) is 0 Å². The van der Waals surface area contributed by atoms with Crippen molar-refractivity contribution in [2.75, 3.05) is 20.2 Å². The molecule has 0 aliphatic rings. The van der Waals surface area contributed by atoms with Crippen molar-refractivity contribution in [3.8, 4) is 11.5 Å². The summed E-state index contributed by atoms with van der Waals surface area (Å²) >= 11 is 0. The van der Waals surface area contributed by atoms with Gasteiger partial charge < -0.3 is 20.1 Å². The fourth-order valence-electron chi connectivity index (χ4n) is 2.61. The Morgan fingerprint density at radius 1 is 1.24 bits per heavy atom. The molecule has 29 heavy (non-hydrogen) atoms. The second-order valence-electron chi connectivity index (χ2n) is 6.33. The first-order valence-electron chi connectivity index (χ1n) is 9.16. The number of benzene rings is 1. The van der Waals surface area contributed by atoms with Crippen molar-refractivity contribution in [2.45, 2.75) is 32.7 Å². The van der Waals surface area contributed by atoms with Crippen molar-refractivity contribution < 1.29 is 22.6 Å². The first-order valence-corrected chi connectivity index (χ1v) is 9.16. The Labute approximate surface area is 167 Å². The van der Waals surface area contributed by atoms with E-state index in [2.05, 4.69) is 20.7 Å². The maximum Gasteiger partial charge on any atom is 0.435 e. The van der Waals surface area contributed by atoms with Crippen molar-refractivity contribution in [2.24, 2.45) is 12.0 Å². The summed E-state index contributed by atoms with van der Waals surface area (Å²) in [6.45, 7) is 4.54. The molecule has 160 valence electrons. The highest BCUT2D eigenvalue weighted by molar-refractivity contribution is 5.79. The van der Waals surface area contributed by atoms with E-state index in [1.54, 1.807) is 19.2 Å². The highest BCUT2D eigenvalue weighted by atomic mass is 19.4. The molecule has 2 N–H and O–H groups in total. The minimum atomic E-state index is -4.52. The number of rotatable bonds is 8. The summed E-state index contributed by atoms with van der Waals surface area (Å²) < 4.78 is 51.5. The highest BCUT2D eigenvalue weighted by Gasteiger charge is 2.36. The molecule has 2 aromatic rings. The number of halogens is 3. The van der Waals surface area contributed by atoms with Gasteiger partial charge in [-0.2, -0.15) is 18.3 Å². The van der Waals surface area contributed by atoms with Crippen LogP contribution in [0, 0.1) is 0 Å². The van der Waals surface area contributed by atoms with Gasteiger partial charge in [-0.3, -0.25) is 4.68 Å². The topological polar surface area (TPSA) is 72.7 Å². The molecule has 0 saturated heterocycles. The summed E-state index contributed by atoms with van der Waals surface area (Å²) in [5.74, 6) is 1.62. The summed E-state index contributed by atoms with van der Waals surface area (Å²) in [4.78, 5) is 4.24. The van der Waals surface area contributed by atoms with Crippen molar-refractivity contribution >= 4 is 5.96 Å². The normalized spacial score (nSPS) is 13.1. The molecule has 2 rings (SSSR count). The molecule has 0 aliphatic carbocycles. The van der Waals surface area contributed by atoms with Crippen LogP contribution in [0.3, 0.4) is 0 Å². The predicted molar refractivity (Wildman–Crippen MR) is 104 cm³/mol. The maximum atomic E-state index is 13.1. The second-order valence-corrected chi connectivity index (χ2v) is 6.33. The van der Waals surface area contributed by atoms with Crippen LogP contribution in [0.5, 0.6) is 11.5 Å². The van der Waals surface area contributed by atoms with Crippen LogP contribution in [0.2, 0.25) is 0 Å². The number of nitrogens with one attached hydrogen (secondary N) is 2. The number of nitrogens with zero attached hydrogens (tertiary/aromatic N) is 3. The van der Waals surface area contributed by atoms with Gasteiger partial charge in [0, 0.05) is 25.4 Å². The highest BCUT2D eigenvalue weighted by Crippen LogP contribution is 2.31. The molecule has 0 saturated carbocycles. The van der Waals surface area contributed by atoms with Crippen LogP contribution < -0.4 is 20.1 Å². The average Bonchev–Trinajstić information content (AvgIpc) is 3.05. The van der Waals surface area contributed by atoms with Crippen LogP contribution in [0.1, 0.15) is 25.1 Å². The van der Waals surface area contributed by atoms with E-state index < -0.39 is 11.9 Å². The lowest BCUT2D eigenvalue weighted by Crippen LogP contribution is -2.41. The molecule has 0 fully saturated rings. The summed E-state index contributed by atoms with van der Waals surface area (Å²) in [5, 5.41) is 9.58. The van der Waals surface area contributed by atoms with E-state index >= 15 is 0 Å². The van der Waals surface area contributed by atoms with Gasteiger partial charge in [-0.1, -0.05) is 12.1 Å². The Kier molecular flexibility index (Phi) is 7.74. The third-order valence-corrected chi connectivity index (χ3v) is 3.88. The van der Waals surface area contributed by atoms with Crippen LogP contribution in [0.4, 0.5) is 13.2 Å². The number of hydrogen-bond acceptors (Lipinski definition) is 4. The first-order chi connectivity index (χ1) is 13.7. The molecule has 1 unspecified atom stereocenters. The largest absolute Gasteiger partial charge is 0.493 e. The van der Waals surface area contributed by atoms with E-state index in [4.69, 9.17) is 9.47 Å². The fraction of sp³-hybridized carbons (Fsp3) is 0.474. The van der Waals surface area contributed by atoms with Crippen LogP contribution >= 0.6 is 0 Å². The number of guanidine groups is 1. The standard InChI is InChI=1S/C19H26F3N5O2/c1-5-23-18(25-11-14-12-27(3)26-17(14)19(20,21)22)24-10-13(2)29-16-9-7-6-8-15(16)28-4/h6-9,12-13H,5,10-11H2,1-4H3,(H2,23,24,25). The molecule has 1 aromatic heterocycles. The molecule has 0 aliphatic heterocycles. The summed E-state index contributed by atoms with van der Waals surface area (Å²) in [5.41, 5.74) is -0.914. The lowest BCUT2D eigenvalue weighted by Gasteiger charge is -2.19. The summed E-state index contributed by atoms with van der Waals surface area (Å²) in [7, 11) is 3.01. The van der Waals surface area contributed by atoms with Gasteiger partial charge in [0.15, 0.2) is 23.2 Å². The number of aliphatic imine (C=N–C) groups is 1. The van der Waals surface area contributed by atoms with Gasteiger partial charge in [0.05, 0.1) is 20.2 Å². The third kappa shape index (κ3) is 6.58. The molecule has 0 spiro atoms. The molecular formula is C19H26F3N5O2. The number of aromatic nitrogens is 2. The van der Waals surface area contributed by atoms with Crippen LogP contribution in [0.15, 0.2) is 35.5 Å². The zero-order valence-corrected chi connectivity index (χ0v) is 16.9. The monoisotopic (exact) mass is 413 g/mol. The third-order valence-electron chi connectivity index (χ3n) is 3.88. The Morgan fingerprint density at radius 2 is 1.93 bits per heavy atom. The van der Waals surface area contributed by atoms with E-state index in [9.17, 15) is 13.2 Å². The minimum absolute atomic E-state index is 0.00974. The Balaban J connectivity index is 2.01. The van der Waals surface area contributed by atoms with Gasteiger partial charge in [-0.05, 0) is 26.0 Å². The van der Waals surface area contributed by atoms with Gasteiger partial charge in [0.2, 0.25) is 0 Å². The number of alkyl halides is 3. The van der Waals surface area contributed by atoms with E-state index in [0.717, 1.165) is 4.68 Å². The quantitative estimate of drug-likeness (QED) is 0.514. The van der Waals surface area contributed by atoms with E-state index in [-0.39, 0.29) is 18.2 Å².